The van der Waals surface area contributed by atoms with Gasteiger partial charge in [0.2, 0.25) is 0 Å². The maximum Gasteiger partial charge on any atom is 0.314 e. The van der Waals surface area contributed by atoms with Crippen molar-refractivity contribution in [3.63, 3.8) is 0 Å². The van der Waals surface area contributed by atoms with Gasteiger partial charge in [0, 0.05) is 22.1 Å². The summed E-state index contributed by atoms with van der Waals surface area (Å²) < 4.78 is 0. The highest BCUT2D eigenvalue weighted by Crippen LogP contribution is 2.30. The lowest BCUT2D eigenvalue weighted by molar-refractivity contribution is -0.132. The van der Waals surface area contributed by atoms with Crippen molar-refractivity contribution >= 4 is 34.0 Å². The summed E-state index contributed by atoms with van der Waals surface area (Å²) in [4.78, 5) is 24.8. The molecule has 0 saturated carbocycles. The average molecular weight is 362 g/mol. The van der Waals surface area contributed by atoms with E-state index in [0.29, 0.717) is 22.1 Å². The first-order chi connectivity index (χ1) is 13.0. The van der Waals surface area contributed by atoms with Crippen molar-refractivity contribution in [3.8, 4) is 5.75 Å². The lowest BCUT2D eigenvalue weighted by Gasteiger charge is -2.15. The number of para-hydroxylation sites is 1. The van der Waals surface area contributed by atoms with Gasteiger partial charge in [-0.1, -0.05) is 56.3 Å². The summed E-state index contributed by atoms with van der Waals surface area (Å²) in [6.07, 6.45) is 0.929. The van der Waals surface area contributed by atoms with E-state index in [-0.39, 0.29) is 11.7 Å². The normalized spacial score (nSPS) is 11.8. The van der Waals surface area contributed by atoms with Crippen molar-refractivity contribution < 1.29 is 14.7 Å². The van der Waals surface area contributed by atoms with Crippen LogP contribution in [0.15, 0.2) is 60.7 Å². The van der Waals surface area contributed by atoms with Gasteiger partial charge in [0.15, 0.2) is 0 Å². The molecule has 0 aliphatic heterocycles. The molecule has 3 rings (SSSR count). The standard InChI is InChI=1S/C22H22N2O3/c1-3-14(2)15-8-4-5-11-18(15)23-21(26)22(27)24-19-12-6-10-17-16(19)9-7-13-20(17)25/h4-14,25H,3H2,1-2H3,(H,23,26)(H,24,27). The summed E-state index contributed by atoms with van der Waals surface area (Å²) >= 11 is 0. The molecule has 0 bridgehead atoms. The summed E-state index contributed by atoms with van der Waals surface area (Å²) in [5.74, 6) is -1.10. The Morgan fingerprint density at radius 1 is 0.852 bits per heavy atom. The highest BCUT2D eigenvalue weighted by Gasteiger charge is 2.18. The number of amides is 2. The number of carbonyl (C=O) groups is 2. The van der Waals surface area contributed by atoms with E-state index in [0.717, 1.165) is 12.0 Å². The van der Waals surface area contributed by atoms with Crippen LogP contribution in [0, 0.1) is 0 Å². The predicted molar refractivity (Wildman–Crippen MR) is 108 cm³/mol. The molecule has 0 aromatic heterocycles. The fourth-order valence-electron chi connectivity index (χ4n) is 3.02. The molecule has 3 aromatic rings. The molecule has 3 N–H and O–H groups in total. The van der Waals surface area contributed by atoms with Gasteiger partial charge in [-0.25, -0.2) is 0 Å². The van der Waals surface area contributed by atoms with Crippen molar-refractivity contribution in [3.05, 3.63) is 66.2 Å². The molecule has 0 saturated heterocycles. The topological polar surface area (TPSA) is 78.4 Å². The van der Waals surface area contributed by atoms with Crippen LogP contribution < -0.4 is 10.6 Å². The van der Waals surface area contributed by atoms with Crippen molar-refractivity contribution in [2.45, 2.75) is 26.2 Å². The van der Waals surface area contributed by atoms with E-state index < -0.39 is 11.8 Å². The molecule has 0 aliphatic rings. The smallest absolute Gasteiger partial charge is 0.314 e. The first kappa shape index (κ1) is 18.5. The van der Waals surface area contributed by atoms with Gasteiger partial charge < -0.3 is 15.7 Å². The summed E-state index contributed by atoms with van der Waals surface area (Å²) in [5.41, 5.74) is 2.11. The maximum absolute atomic E-state index is 12.4. The second-order valence-electron chi connectivity index (χ2n) is 6.48. The molecule has 3 aromatic carbocycles. The first-order valence-corrected chi connectivity index (χ1v) is 8.93. The van der Waals surface area contributed by atoms with Crippen LogP contribution in [0.4, 0.5) is 11.4 Å². The number of hydrogen-bond acceptors (Lipinski definition) is 3. The Kier molecular flexibility index (Phi) is 5.41. The second-order valence-corrected chi connectivity index (χ2v) is 6.48. The highest BCUT2D eigenvalue weighted by molar-refractivity contribution is 6.44. The molecule has 0 fully saturated rings. The van der Waals surface area contributed by atoms with Crippen molar-refractivity contribution in [2.24, 2.45) is 0 Å². The largest absolute Gasteiger partial charge is 0.507 e. The van der Waals surface area contributed by atoms with Crippen LogP contribution in [0.3, 0.4) is 0 Å². The number of aromatic hydroxyl groups is 1. The maximum atomic E-state index is 12.4. The van der Waals surface area contributed by atoms with Crippen LogP contribution >= 0.6 is 0 Å². The minimum Gasteiger partial charge on any atom is -0.507 e. The lowest BCUT2D eigenvalue weighted by atomic mass is 9.97. The fourth-order valence-corrected chi connectivity index (χ4v) is 3.02. The molecule has 2 amide bonds. The Balaban J connectivity index is 1.80. The monoisotopic (exact) mass is 362 g/mol. The molecule has 0 spiro atoms. The van der Waals surface area contributed by atoms with Gasteiger partial charge in [-0.2, -0.15) is 0 Å². The summed E-state index contributed by atoms with van der Waals surface area (Å²) in [6.45, 7) is 4.15. The van der Waals surface area contributed by atoms with Crippen molar-refractivity contribution in [1.29, 1.82) is 0 Å². The Morgan fingerprint density at radius 3 is 2.19 bits per heavy atom. The van der Waals surface area contributed by atoms with Crippen LogP contribution in [0.1, 0.15) is 31.7 Å². The van der Waals surface area contributed by atoms with Crippen LogP contribution in [-0.4, -0.2) is 16.9 Å². The number of anilines is 2. The minimum absolute atomic E-state index is 0.121. The Morgan fingerprint density at radius 2 is 1.44 bits per heavy atom. The SMILES string of the molecule is CCC(C)c1ccccc1NC(=O)C(=O)Nc1cccc2c(O)cccc12. The third kappa shape index (κ3) is 3.92. The summed E-state index contributed by atoms with van der Waals surface area (Å²) in [6, 6.07) is 17.7. The van der Waals surface area contributed by atoms with Crippen LogP contribution in [0.5, 0.6) is 5.75 Å². The zero-order chi connectivity index (χ0) is 19.4. The van der Waals surface area contributed by atoms with Gasteiger partial charge in [0.25, 0.3) is 0 Å². The number of nitrogens with one attached hydrogen (secondary N) is 2. The molecule has 0 aliphatic carbocycles. The van der Waals surface area contributed by atoms with Crippen LogP contribution in [-0.2, 0) is 9.59 Å². The molecule has 138 valence electrons. The van der Waals surface area contributed by atoms with Crippen LogP contribution in [0.2, 0.25) is 0 Å². The molecule has 1 unspecified atom stereocenters. The number of fused-ring (bicyclic) bond motifs is 1. The fraction of sp³-hybridized carbons (Fsp3) is 0.182. The van der Waals surface area contributed by atoms with E-state index >= 15 is 0 Å². The molecule has 5 heteroatoms. The molecule has 0 heterocycles. The zero-order valence-corrected chi connectivity index (χ0v) is 15.3. The third-order valence-corrected chi connectivity index (χ3v) is 4.71. The second kappa shape index (κ2) is 7.91. The van der Waals surface area contributed by atoms with E-state index in [1.54, 1.807) is 42.5 Å². The van der Waals surface area contributed by atoms with Crippen molar-refractivity contribution in [1.82, 2.24) is 0 Å². The molecule has 5 nitrogen and oxygen atoms in total. The average Bonchev–Trinajstić information content (AvgIpc) is 2.68. The highest BCUT2D eigenvalue weighted by atomic mass is 16.3. The lowest BCUT2D eigenvalue weighted by Crippen LogP contribution is -2.29. The number of phenols is 1. The van der Waals surface area contributed by atoms with E-state index in [4.69, 9.17) is 0 Å². The zero-order valence-electron chi connectivity index (χ0n) is 15.3. The van der Waals surface area contributed by atoms with Gasteiger partial charge in [0.05, 0.1) is 0 Å². The predicted octanol–water partition coefficient (Wildman–Crippen LogP) is 4.64. The van der Waals surface area contributed by atoms with Gasteiger partial charge in [-0.3, -0.25) is 9.59 Å². The molecule has 0 radical (unpaired) electrons. The Hall–Kier alpha value is -3.34. The van der Waals surface area contributed by atoms with E-state index in [1.807, 2.05) is 18.2 Å². The van der Waals surface area contributed by atoms with Gasteiger partial charge >= 0.3 is 11.8 Å². The van der Waals surface area contributed by atoms with E-state index in [2.05, 4.69) is 24.5 Å². The molecule has 1 atom stereocenters. The summed E-state index contributed by atoms with van der Waals surface area (Å²) in [7, 11) is 0. The van der Waals surface area contributed by atoms with Crippen LogP contribution in [0.25, 0.3) is 10.8 Å². The van der Waals surface area contributed by atoms with Gasteiger partial charge in [-0.15, -0.1) is 0 Å². The molecular formula is C22H22N2O3. The molecule has 27 heavy (non-hydrogen) atoms. The Labute approximate surface area is 158 Å². The summed E-state index contributed by atoms with van der Waals surface area (Å²) in [5, 5.41) is 16.6. The third-order valence-electron chi connectivity index (χ3n) is 4.71. The quantitative estimate of drug-likeness (QED) is 0.592. The number of rotatable bonds is 4. The van der Waals surface area contributed by atoms with E-state index in [1.165, 1.54) is 0 Å². The van der Waals surface area contributed by atoms with E-state index in [9.17, 15) is 14.7 Å². The Bertz CT molecular complexity index is 998. The minimum atomic E-state index is -0.759. The van der Waals surface area contributed by atoms with Crippen molar-refractivity contribution in [2.75, 3.05) is 10.6 Å². The number of phenolic OH excluding ortho intramolecular Hbond substituents is 1. The first-order valence-electron chi connectivity index (χ1n) is 8.93. The molecular weight excluding hydrogens is 340 g/mol. The van der Waals surface area contributed by atoms with Gasteiger partial charge in [-0.05, 0) is 36.1 Å². The number of carbonyl (C=O) groups excluding carboxylic acids is 2. The number of benzene rings is 3. The number of hydrogen-bond donors (Lipinski definition) is 3. The van der Waals surface area contributed by atoms with Gasteiger partial charge in [0.1, 0.15) is 5.75 Å².